The summed E-state index contributed by atoms with van der Waals surface area (Å²) in [4.78, 5) is 17.3. The number of sulfonamides is 1. The molecule has 1 fully saturated rings. The third kappa shape index (κ3) is 5.38. The molecule has 0 spiro atoms. The molecule has 0 bridgehead atoms. The molecule has 4 rings (SSSR count). The van der Waals surface area contributed by atoms with Gasteiger partial charge in [-0.05, 0) is 42.0 Å². The van der Waals surface area contributed by atoms with E-state index in [9.17, 15) is 13.2 Å². The fourth-order valence-electron chi connectivity index (χ4n) is 3.89. The van der Waals surface area contributed by atoms with Crippen molar-refractivity contribution in [2.45, 2.75) is 11.4 Å². The van der Waals surface area contributed by atoms with Crippen LogP contribution >= 0.6 is 11.6 Å². The molecular formula is C25H26ClN3O3S. The van der Waals surface area contributed by atoms with E-state index in [1.54, 1.807) is 41.3 Å². The second-order valence-corrected chi connectivity index (χ2v) is 10.4. The Morgan fingerprint density at radius 2 is 1.61 bits per heavy atom. The minimum absolute atomic E-state index is 0.0681. The first kappa shape index (κ1) is 23.3. The van der Waals surface area contributed by atoms with Crippen molar-refractivity contribution in [3.05, 3.63) is 95.0 Å². The Morgan fingerprint density at radius 3 is 2.30 bits per heavy atom. The van der Waals surface area contributed by atoms with Crippen LogP contribution in [0.25, 0.3) is 0 Å². The highest BCUT2D eigenvalue weighted by Gasteiger charge is 2.26. The highest BCUT2D eigenvalue weighted by molar-refractivity contribution is 7.92. The van der Waals surface area contributed by atoms with Crippen molar-refractivity contribution in [1.82, 2.24) is 9.80 Å². The SMILES string of the molecule is CN(c1cccc(Cl)c1)S(=O)(=O)c1cccc(C(=O)N2CCN(Cc3ccccc3)CC2)c1. The smallest absolute Gasteiger partial charge is 0.264 e. The molecule has 0 atom stereocenters. The fraction of sp³-hybridized carbons (Fsp3) is 0.240. The highest BCUT2D eigenvalue weighted by Crippen LogP contribution is 2.25. The van der Waals surface area contributed by atoms with E-state index in [0.717, 1.165) is 19.6 Å². The molecular weight excluding hydrogens is 458 g/mol. The van der Waals surface area contributed by atoms with Crippen LogP contribution in [0.3, 0.4) is 0 Å². The van der Waals surface area contributed by atoms with Gasteiger partial charge in [0.1, 0.15) is 0 Å². The quantitative estimate of drug-likeness (QED) is 0.529. The number of halogens is 1. The molecule has 0 aromatic heterocycles. The zero-order valence-corrected chi connectivity index (χ0v) is 20.0. The number of piperazine rings is 1. The highest BCUT2D eigenvalue weighted by atomic mass is 35.5. The standard InChI is InChI=1S/C25H26ClN3O3S/c1-27(23-11-6-10-22(26)18-23)33(31,32)24-12-5-9-21(17-24)25(30)29-15-13-28(14-16-29)19-20-7-3-2-4-8-20/h2-12,17-18H,13-16,19H2,1H3. The summed E-state index contributed by atoms with van der Waals surface area (Å²) in [5, 5.41) is 0.449. The maximum absolute atomic E-state index is 13.2. The lowest BCUT2D eigenvalue weighted by atomic mass is 10.1. The Hall–Kier alpha value is -2.87. The molecule has 172 valence electrons. The monoisotopic (exact) mass is 483 g/mol. The van der Waals surface area contributed by atoms with Crippen LogP contribution in [0, 0.1) is 0 Å². The molecule has 0 unspecified atom stereocenters. The summed E-state index contributed by atoms with van der Waals surface area (Å²) in [7, 11) is -2.37. The molecule has 3 aromatic carbocycles. The van der Waals surface area contributed by atoms with E-state index >= 15 is 0 Å². The van der Waals surface area contributed by atoms with E-state index < -0.39 is 10.0 Å². The van der Waals surface area contributed by atoms with Crippen molar-refractivity contribution in [1.29, 1.82) is 0 Å². The Bertz CT molecular complexity index is 1230. The van der Waals surface area contributed by atoms with Crippen LogP contribution in [-0.4, -0.2) is 57.4 Å². The summed E-state index contributed by atoms with van der Waals surface area (Å²) >= 11 is 6.02. The van der Waals surface area contributed by atoms with Crippen LogP contribution < -0.4 is 4.31 Å². The molecule has 0 radical (unpaired) electrons. The van der Waals surface area contributed by atoms with Gasteiger partial charge in [0.25, 0.3) is 15.9 Å². The Morgan fingerprint density at radius 1 is 0.909 bits per heavy atom. The topological polar surface area (TPSA) is 60.9 Å². The van der Waals surface area contributed by atoms with Gasteiger partial charge in [0.05, 0.1) is 10.6 Å². The van der Waals surface area contributed by atoms with E-state index in [1.807, 2.05) is 18.2 Å². The van der Waals surface area contributed by atoms with E-state index in [0.29, 0.717) is 29.4 Å². The molecule has 3 aromatic rings. The van der Waals surface area contributed by atoms with Crippen molar-refractivity contribution in [3.8, 4) is 0 Å². The van der Waals surface area contributed by atoms with Crippen molar-refractivity contribution in [2.24, 2.45) is 0 Å². The summed E-state index contributed by atoms with van der Waals surface area (Å²) in [6.45, 7) is 3.61. The molecule has 6 nitrogen and oxygen atoms in total. The molecule has 0 saturated carbocycles. The Balaban J connectivity index is 1.45. The van der Waals surface area contributed by atoms with E-state index in [2.05, 4.69) is 17.0 Å². The average molecular weight is 484 g/mol. The largest absolute Gasteiger partial charge is 0.336 e. The molecule has 1 aliphatic heterocycles. The van der Waals surface area contributed by atoms with Crippen molar-refractivity contribution in [2.75, 3.05) is 37.5 Å². The number of nitrogens with zero attached hydrogens (tertiary/aromatic N) is 3. The predicted octanol–water partition coefficient (Wildman–Crippen LogP) is 4.12. The van der Waals surface area contributed by atoms with Gasteiger partial charge in [-0.3, -0.25) is 14.0 Å². The molecule has 0 aliphatic carbocycles. The van der Waals surface area contributed by atoms with Gasteiger partial charge < -0.3 is 4.90 Å². The fourth-order valence-corrected chi connectivity index (χ4v) is 5.31. The zero-order chi connectivity index (χ0) is 23.4. The van der Waals surface area contributed by atoms with E-state index in [1.165, 1.54) is 29.0 Å². The van der Waals surface area contributed by atoms with Crippen LogP contribution in [0.15, 0.2) is 83.8 Å². The van der Waals surface area contributed by atoms with Crippen LogP contribution in [-0.2, 0) is 16.6 Å². The second kappa shape index (κ2) is 9.95. The van der Waals surface area contributed by atoms with Gasteiger partial charge >= 0.3 is 0 Å². The van der Waals surface area contributed by atoms with Gasteiger partial charge in [-0.1, -0.05) is 54.1 Å². The number of benzene rings is 3. The van der Waals surface area contributed by atoms with E-state index in [4.69, 9.17) is 11.6 Å². The van der Waals surface area contributed by atoms with E-state index in [-0.39, 0.29) is 10.8 Å². The first-order chi connectivity index (χ1) is 15.8. The number of carbonyl (C=O) groups excluding carboxylic acids is 1. The lowest BCUT2D eigenvalue weighted by Gasteiger charge is -2.34. The van der Waals surface area contributed by atoms with Gasteiger partial charge in [0, 0.05) is 50.4 Å². The number of hydrogen-bond donors (Lipinski definition) is 0. The van der Waals surface area contributed by atoms with Crippen LogP contribution in [0.2, 0.25) is 5.02 Å². The maximum atomic E-state index is 13.2. The molecule has 1 saturated heterocycles. The average Bonchev–Trinajstić information content (AvgIpc) is 2.84. The van der Waals surface area contributed by atoms with Gasteiger partial charge in [-0.15, -0.1) is 0 Å². The first-order valence-electron chi connectivity index (χ1n) is 10.7. The lowest BCUT2D eigenvalue weighted by molar-refractivity contribution is 0.0628. The molecule has 0 N–H and O–H groups in total. The van der Waals surface area contributed by atoms with Gasteiger partial charge in [-0.25, -0.2) is 8.42 Å². The van der Waals surface area contributed by atoms with Crippen LogP contribution in [0.5, 0.6) is 0 Å². The predicted molar refractivity (Wildman–Crippen MR) is 131 cm³/mol. The Labute approximate surface area is 200 Å². The minimum atomic E-state index is -3.84. The van der Waals surface area contributed by atoms with Crippen LogP contribution in [0.4, 0.5) is 5.69 Å². The molecule has 1 heterocycles. The van der Waals surface area contributed by atoms with Crippen molar-refractivity contribution < 1.29 is 13.2 Å². The molecule has 33 heavy (non-hydrogen) atoms. The molecule has 1 amide bonds. The number of rotatable bonds is 6. The number of anilines is 1. The number of carbonyl (C=O) groups is 1. The summed E-state index contributed by atoms with van der Waals surface area (Å²) in [5.74, 6) is -0.156. The van der Waals surface area contributed by atoms with Gasteiger partial charge in [0.15, 0.2) is 0 Å². The summed E-state index contributed by atoms with van der Waals surface area (Å²) in [6, 6.07) is 23.1. The third-order valence-corrected chi connectivity index (χ3v) is 7.84. The summed E-state index contributed by atoms with van der Waals surface area (Å²) in [5.41, 5.74) is 2.07. The maximum Gasteiger partial charge on any atom is 0.264 e. The third-order valence-electron chi connectivity index (χ3n) is 5.82. The van der Waals surface area contributed by atoms with Crippen LogP contribution in [0.1, 0.15) is 15.9 Å². The molecule has 8 heteroatoms. The first-order valence-corrected chi connectivity index (χ1v) is 12.6. The normalized spacial score (nSPS) is 14.8. The molecule has 1 aliphatic rings. The minimum Gasteiger partial charge on any atom is -0.336 e. The summed E-state index contributed by atoms with van der Waals surface area (Å²) < 4.78 is 27.5. The zero-order valence-electron chi connectivity index (χ0n) is 18.4. The number of amides is 1. The van der Waals surface area contributed by atoms with Gasteiger partial charge in [0.2, 0.25) is 0 Å². The lowest BCUT2D eigenvalue weighted by Crippen LogP contribution is -2.48. The number of hydrogen-bond acceptors (Lipinski definition) is 4. The Kier molecular flexibility index (Phi) is 7.02. The van der Waals surface area contributed by atoms with Crippen molar-refractivity contribution in [3.63, 3.8) is 0 Å². The second-order valence-electron chi connectivity index (χ2n) is 8.03. The summed E-state index contributed by atoms with van der Waals surface area (Å²) in [6.07, 6.45) is 0. The van der Waals surface area contributed by atoms with Gasteiger partial charge in [-0.2, -0.15) is 0 Å². The van der Waals surface area contributed by atoms with Crippen molar-refractivity contribution >= 4 is 33.2 Å².